The third-order valence-corrected chi connectivity index (χ3v) is 1.00. The largest absolute Gasteiger partial charge is 0.613 e. The molecule has 0 saturated carbocycles. The van der Waals surface area contributed by atoms with Gasteiger partial charge in [-0.2, -0.15) is 5.43 Å². The molecule has 4 nitrogen and oxygen atoms in total. The van der Waals surface area contributed by atoms with E-state index < -0.39 is 0 Å². The summed E-state index contributed by atoms with van der Waals surface area (Å²) in [7, 11) is 0. The molecule has 4 heteroatoms. The molecule has 0 spiro atoms. The Labute approximate surface area is 55.0 Å². The molecule has 0 amide bonds. The quantitative estimate of drug-likeness (QED) is 0.401. The maximum absolute atomic E-state index is 10.6. The van der Waals surface area contributed by atoms with Crippen LogP contribution in [0.4, 0.5) is 0 Å². The van der Waals surface area contributed by atoms with Gasteiger partial charge in [0, 0.05) is 0 Å². The molecule has 0 rings (SSSR count). The molecular formula is C5H14N2O2. The van der Waals surface area contributed by atoms with Crippen molar-refractivity contribution in [2.45, 2.75) is 19.9 Å². The van der Waals surface area contributed by atoms with Crippen LogP contribution in [-0.4, -0.2) is 24.3 Å². The van der Waals surface area contributed by atoms with Crippen molar-refractivity contribution >= 4 is 0 Å². The molecule has 0 aromatic heterocycles. The smallest absolute Gasteiger partial charge is 0.0915 e. The molecule has 2 unspecified atom stereocenters. The third-order valence-electron chi connectivity index (χ3n) is 1.00. The standard InChI is InChI=1S/C5H14N2O2/c1-3-7(9)6-5(2)4-8/h5-8H,3-4H2,1-2H3. The fourth-order valence-electron chi connectivity index (χ4n) is 0.423. The highest BCUT2D eigenvalue weighted by molar-refractivity contribution is 4.46. The van der Waals surface area contributed by atoms with E-state index in [1.807, 2.05) is 0 Å². The van der Waals surface area contributed by atoms with Crippen LogP contribution >= 0.6 is 0 Å². The van der Waals surface area contributed by atoms with Gasteiger partial charge in [-0.3, -0.25) is 5.17 Å². The minimum atomic E-state index is -0.113. The Morgan fingerprint density at radius 2 is 2.33 bits per heavy atom. The molecule has 9 heavy (non-hydrogen) atoms. The number of hydrogen-bond donors (Lipinski definition) is 3. The number of aliphatic hydroxyl groups excluding tert-OH is 1. The molecule has 0 heterocycles. The molecule has 0 radical (unpaired) electrons. The molecule has 0 bridgehead atoms. The van der Waals surface area contributed by atoms with Crippen LogP contribution in [0.5, 0.6) is 0 Å². The average Bonchev–Trinajstić information content (AvgIpc) is 1.87. The first-order valence-electron chi connectivity index (χ1n) is 3.11. The molecule has 0 aliphatic carbocycles. The van der Waals surface area contributed by atoms with E-state index in [4.69, 9.17) is 5.11 Å². The molecule has 0 saturated heterocycles. The summed E-state index contributed by atoms with van der Waals surface area (Å²) >= 11 is 0. The van der Waals surface area contributed by atoms with Gasteiger partial charge in [-0.05, 0) is 13.8 Å². The van der Waals surface area contributed by atoms with Gasteiger partial charge in [0.15, 0.2) is 0 Å². The van der Waals surface area contributed by atoms with E-state index >= 15 is 0 Å². The van der Waals surface area contributed by atoms with Crippen LogP contribution in [0.15, 0.2) is 0 Å². The van der Waals surface area contributed by atoms with Gasteiger partial charge in [0.2, 0.25) is 0 Å². The monoisotopic (exact) mass is 134 g/mol. The number of hydroxylamine groups is 1. The maximum atomic E-state index is 10.6. The molecule has 0 aromatic rings. The van der Waals surface area contributed by atoms with Crippen molar-refractivity contribution in [3.8, 4) is 0 Å². The van der Waals surface area contributed by atoms with Crippen molar-refractivity contribution in [2.24, 2.45) is 0 Å². The predicted molar refractivity (Wildman–Crippen MR) is 34.6 cm³/mol. The van der Waals surface area contributed by atoms with Gasteiger partial charge in [0.1, 0.15) is 0 Å². The van der Waals surface area contributed by atoms with Gasteiger partial charge in [0.05, 0.1) is 19.2 Å². The number of nitrogens with one attached hydrogen (secondary N) is 2. The van der Waals surface area contributed by atoms with Crippen LogP contribution in [0.25, 0.3) is 0 Å². The Morgan fingerprint density at radius 3 is 2.67 bits per heavy atom. The van der Waals surface area contributed by atoms with Gasteiger partial charge >= 0.3 is 0 Å². The molecule has 0 fully saturated rings. The lowest BCUT2D eigenvalue weighted by molar-refractivity contribution is -0.897. The van der Waals surface area contributed by atoms with Gasteiger partial charge in [-0.15, -0.1) is 0 Å². The molecule has 0 aliphatic heterocycles. The third kappa shape index (κ3) is 4.35. The molecule has 2 atom stereocenters. The summed E-state index contributed by atoms with van der Waals surface area (Å²) in [5, 5.41) is 19.0. The zero-order chi connectivity index (χ0) is 7.28. The first-order chi connectivity index (χ1) is 4.20. The van der Waals surface area contributed by atoms with Crippen molar-refractivity contribution in [3.05, 3.63) is 5.21 Å². The zero-order valence-corrected chi connectivity index (χ0v) is 5.85. The normalized spacial score (nSPS) is 17.3. The van der Waals surface area contributed by atoms with E-state index in [2.05, 4.69) is 5.43 Å². The fourth-order valence-corrected chi connectivity index (χ4v) is 0.423. The van der Waals surface area contributed by atoms with E-state index in [1.54, 1.807) is 13.8 Å². The van der Waals surface area contributed by atoms with Crippen molar-refractivity contribution in [3.63, 3.8) is 0 Å². The lowest BCUT2D eigenvalue weighted by Gasteiger charge is -2.23. The Hall–Kier alpha value is -0.160. The fraction of sp³-hybridized carbons (Fsp3) is 1.00. The number of aliphatic hydroxyl groups is 1. The van der Waals surface area contributed by atoms with Crippen molar-refractivity contribution < 1.29 is 10.3 Å². The second-order valence-electron chi connectivity index (χ2n) is 2.00. The lowest BCUT2D eigenvalue weighted by Crippen LogP contribution is -3.14. The molecule has 0 aromatic carbocycles. The van der Waals surface area contributed by atoms with Crippen LogP contribution in [0.1, 0.15) is 13.8 Å². The summed E-state index contributed by atoms with van der Waals surface area (Å²) in [6.07, 6.45) is 0. The number of quaternary nitrogens is 1. The van der Waals surface area contributed by atoms with E-state index in [1.165, 1.54) is 0 Å². The number of hydrogen-bond acceptors (Lipinski definition) is 3. The van der Waals surface area contributed by atoms with Gasteiger partial charge in [-0.1, -0.05) is 0 Å². The highest BCUT2D eigenvalue weighted by Crippen LogP contribution is 1.69. The summed E-state index contributed by atoms with van der Waals surface area (Å²) in [6, 6.07) is -0.113. The minimum Gasteiger partial charge on any atom is -0.613 e. The average molecular weight is 134 g/mol. The topological polar surface area (TPSA) is 59.8 Å². The minimum absolute atomic E-state index is 0.00569. The molecule has 56 valence electrons. The highest BCUT2D eigenvalue weighted by Gasteiger charge is 2.00. The van der Waals surface area contributed by atoms with Crippen LogP contribution in [-0.2, 0) is 0 Å². The maximum Gasteiger partial charge on any atom is 0.0915 e. The summed E-state index contributed by atoms with van der Waals surface area (Å²) < 4.78 is 0. The summed E-state index contributed by atoms with van der Waals surface area (Å²) in [5.74, 6) is 0. The lowest BCUT2D eigenvalue weighted by atomic mass is 10.4. The summed E-state index contributed by atoms with van der Waals surface area (Å²) in [6.45, 7) is 4.02. The van der Waals surface area contributed by atoms with Crippen molar-refractivity contribution in [2.75, 3.05) is 13.2 Å². The van der Waals surface area contributed by atoms with Crippen molar-refractivity contribution in [1.29, 1.82) is 0 Å². The SMILES string of the molecule is CC[NH+]([O-])NC(C)CO. The van der Waals surface area contributed by atoms with Gasteiger partial charge in [-0.25, -0.2) is 0 Å². The highest BCUT2D eigenvalue weighted by atomic mass is 16.5. The molecule has 0 aliphatic rings. The van der Waals surface area contributed by atoms with Crippen LogP contribution in [0.3, 0.4) is 0 Å². The summed E-state index contributed by atoms with van der Waals surface area (Å²) in [5.41, 5.74) is 2.59. The van der Waals surface area contributed by atoms with Crippen LogP contribution in [0.2, 0.25) is 0 Å². The Kier molecular flexibility index (Phi) is 4.61. The Balaban J connectivity index is 3.22. The van der Waals surface area contributed by atoms with Gasteiger partial charge in [0.25, 0.3) is 0 Å². The second-order valence-corrected chi connectivity index (χ2v) is 2.00. The van der Waals surface area contributed by atoms with Gasteiger partial charge < -0.3 is 10.3 Å². The first kappa shape index (κ1) is 8.84. The molecular weight excluding hydrogens is 120 g/mol. The van der Waals surface area contributed by atoms with E-state index in [-0.39, 0.29) is 17.8 Å². The Bertz CT molecular complexity index is 62.0. The number of rotatable bonds is 4. The van der Waals surface area contributed by atoms with Crippen LogP contribution in [0, 0.1) is 5.21 Å². The Morgan fingerprint density at radius 1 is 1.78 bits per heavy atom. The molecule has 3 N–H and O–H groups in total. The zero-order valence-electron chi connectivity index (χ0n) is 5.85. The second kappa shape index (κ2) is 4.69. The van der Waals surface area contributed by atoms with E-state index in [9.17, 15) is 5.21 Å². The van der Waals surface area contributed by atoms with Crippen LogP contribution < -0.4 is 10.6 Å². The van der Waals surface area contributed by atoms with E-state index in [0.717, 1.165) is 0 Å². The summed E-state index contributed by atoms with van der Waals surface area (Å²) in [4.78, 5) is 0. The first-order valence-corrected chi connectivity index (χ1v) is 3.11. The predicted octanol–water partition coefficient (Wildman–Crippen LogP) is -1.73. The van der Waals surface area contributed by atoms with Crippen molar-refractivity contribution in [1.82, 2.24) is 5.43 Å². The van der Waals surface area contributed by atoms with E-state index in [0.29, 0.717) is 6.54 Å².